The Morgan fingerprint density at radius 2 is 0.866 bits per heavy atom. The molecule has 13 rings (SSSR count). The number of para-hydroxylation sites is 4. The number of hydrogen-bond acceptors (Lipinski definition) is 2. The molecular weight excluding hydrogens is 813 g/mol. The Bertz CT molecular complexity index is 3930. The van der Waals surface area contributed by atoms with Crippen molar-refractivity contribution in [2.24, 2.45) is 0 Å². The molecule has 11 aromatic carbocycles. The van der Waals surface area contributed by atoms with Crippen LogP contribution in [-0.2, 0) is 0 Å². The molecule has 0 unspecified atom stereocenters. The molecule has 0 bridgehead atoms. The number of benzene rings is 11. The SMILES string of the molecule is c1cc(-c2cccc3oc4ccccc4c23)cc(N(c2ccc(-c3ccc(-c4cccc(-n5c6ccccc6c6ccccc65)c4)cc3)cc2)c2ccccc2-c2ccc3ccccc3c2)c1. The normalized spacial score (nSPS) is 11.6. The maximum Gasteiger partial charge on any atom is 0.136 e. The lowest BCUT2D eigenvalue weighted by Crippen LogP contribution is -2.11. The third kappa shape index (κ3) is 6.67. The summed E-state index contributed by atoms with van der Waals surface area (Å²) >= 11 is 0. The van der Waals surface area contributed by atoms with E-state index in [1.54, 1.807) is 0 Å². The Balaban J connectivity index is 0.882. The van der Waals surface area contributed by atoms with Crippen LogP contribution >= 0.6 is 0 Å². The van der Waals surface area contributed by atoms with Crippen LogP contribution in [0.5, 0.6) is 0 Å². The van der Waals surface area contributed by atoms with Crippen LogP contribution in [0.3, 0.4) is 0 Å². The summed E-state index contributed by atoms with van der Waals surface area (Å²) in [6, 6.07) is 92.0. The van der Waals surface area contributed by atoms with Crippen LogP contribution in [0.2, 0.25) is 0 Å². The topological polar surface area (TPSA) is 21.3 Å². The van der Waals surface area contributed by atoms with Gasteiger partial charge in [-0.25, -0.2) is 0 Å². The number of furan rings is 1. The molecule has 0 saturated carbocycles. The molecule has 0 aliphatic carbocycles. The second-order valence-electron chi connectivity index (χ2n) is 17.3. The van der Waals surface area contributed by atoms with E-state index >= 15 is 0 Å². The Kier molecular flexibility index (Phi) is 9.17. The molecule has 0 saturated heterocycles. The average molecular weight is 855 g/mol. The summed E-state index contributed by atoms with van der Waals surface area (Å²) in [4.78, 5) is 2.40. The number of nitrogens with zero attached hydrogens (tertiary/aromatic N) is 2. The highest BCUT2D eigenvalue weighted by Gasteiger charge is 2.20. The van der Waals surface area contributed by atoms with Gasteiger partial charge in [0.1, 0.15) is 11.2 Å². The molecule has 2 aromatic heterocycles. The van der Waals surface area contributed by atoms with Gasteiger partial charge in [-0.1, -0.05) is 182 Å². The van der Waals surface area contributed by atoms with Gasteiger partial charge in [0.25, 0.3) is 0 Å². The molecule has 13 aromatic rings. The van der Waals surface area contributed by atoms with Crippen molar-refractivity contribution in [2.75, 3.05) is 4.90 Å². The molecule has 0 fully saturated rings. The average Bonchev–Trinajstić information content (AvgIpc) is 3.95. The molecule has 2 heterocycles. The first-order valence-corrected chi connectivity index (χ1v) is 22.9. The number of rotatable bonds is 8. The summed E-state index contributed by atoms with van der Waals surface area (Å²) in [6.07, 6.45) is 0. The molecular formula is C64H42N2O. The van der Waals surface area contributed by atoms with Gasteiger partial charge in [0.2, 0.25) is 0 Å². The predicted molar refractivity (Wildman–Crippen MR) is 282 cm³/mol. The minimum atomic E-state index is 0.888. The predicted octanol–water partition coefficient (Wildman–Crippen LogP) is 18.0. The molecule has 3 nitrogen and oxygen atoms in total. The standard InChI is InChI=1S/C64H42N2O/c1-2-15-47-40-50(35-34-43(47)14-1)54-20-3-7-25-59(54)65(52-18-12-17-49(42-52)55-24-13-29-63-64(55)58-23-6-10-28-62(58)67-63)51-38-36-45(37-39-51)44-30-32-46(33-31-44)48-16-11-19-53(41-48)66-60-26-8-4-21-56(60)57-22-5-9-27-61(57)66/h1-42H. The zero-order valence-electron chi connectivity index (χ0n) is 36.6. The van der Waals surface area contributed by atoms with E-state index in [2.05, 4.69) is 252 Å². The zero-order valence-corrected chi connectivity index (χ0v) is 36.6. The van der Waals surface area contributed by atoms with Gasteiger partial charge in [-0.05, 0) is 123 Å². The lowest BCUT2D eigenvalue weighted by Gasteiger charge is -2.28. The molecule has 0 radical (unpaired) electrons. The molecule has 314 valence electrons. The molecule has 0 atom stereocenters. The van der Waals surface area contributed by atoms with Crippen molar-refractivity contribution in [3.63, 3.8) is 0 Å². The highest BCUT2D eigenvalue weighted by Crippen LogP contribution is 2.44. The molecule has 0 amide bonds. The Labute approximate surface area is 388 Å². The second-order valence-corrected chi connectivity index (χ2v) is 17.3. The first-order valence-electron chi connectivity index (χ1n) is 22.9. The van der Waals surface area contributed by atoms with Crippen LogP contribution in [-0.4, -0.2) is 4.57 Å². The fourth-order valence-corrected chi connectivity index (χ4v) is 10.2. The minimum absolute atomic E-state index is 0.888. The van der Waals surface area contributed by atoms with E-state index in [1.807, 2.05) is 12.1 Å². The zero-order chi connectivity index (χ0) is 44.3. The van der Waals surface area contributed by atoms with Gasteiger partial charge < -0.3 is 13.9 Å². The molecule has 0 aliphatic heterocycles. The summed E-state index contributed by atoms with van der Waals surface area (Å²) in [5, 5.41) is 7.22. The van der Waals surface area contributed by atoms with Crippen LogP contribution in [0.4, 0.5) is 17.1 Å². The van der Waals surface area contributed by atoms with E-state index in [4.69, 9.17) is 4.42 Å². The maximum absolute atomic E-state index is 6.34. The van der Waals surface area contributed by atoms with Crippen LogP contribution in [0.1, 0.15) is 0 Å². The summed E-state index contributed by atoms with van der Waals surface area (Å²) in [6.45, 7) is 0. The second kappa shape index (κ2) is 16.0. The molecule has 67 heavy (non-hydrogen) atoms. The quantitative estimate of drug-likeness (QED) is 0.152. The fourth-order valence-electron chi connectivity index (χ4n) is 10.2. The van der Waals surface area contributed by atoms with Crippen LogP contribution in [0.15, 0.2) is 259 Å². The van der Waals surface area contributed by atoms with Gasteiger partial charge in [-0.3, -0.25) is 0 Å². The van der Waals surface area contributed by atoms with E-state index < -0.39 is 0 Å². The van der Waals surface area contributed by atoms with Gasteiger partial charge in [0, 0.05) is 44.2 Å². The molecule has 0 N–H and O–H groups in total. The smallest absolute Gasteiger partial charge is 0.136 e. The Morgan fingerprint density at radius 3 is 1.66 bits per heavy atom. The third-order valence-electron chi connectivity index (χ3n) is 13.4. The number of anilines is 3. The highest BCUT2D eigenvalue weighted by atomic mass is 16.3. The van der Waals surface area contributed by atoms with Gasteiger partial charge in [-0.2, -0.15) is 0 Å². The number of fused-ring (bicyclic) bond motifs is 7. The van der Waals surface area contributed by atoms with E-state index in [9.17, 15) is 0 Å². The lowest BCUT2D eigenvalue weighted by molar-refractivity contribution is 0.669. The van der Waals surface area contributed by atoms with Gasteiger partial charge in [-0.15, -0.1) is 0 Å². The first kappa shape index (κ1) is 38.5. The number of hydrogen-bond donors (Lipinski definition) is 0. The van der Waals surface area contributed by atoms with Crippen molar-refractivity contribution in [1.29, 1.82) is 0 Å². The minimum Gasteiger partial charge on any atom is -0.456 e. The summed E-state index contributed by atoms with van der Waals surface area (Å²) in [5.74, 6) is 0. The van der Waals surface area contributed by atoms with Crippen molar-refractivity contribution in [3.8, 4) is 50.2 Å². The van der Waals surface area contributed by atoms with Crippen LogP contribution in [0.25, 0.3) is 105 Å². The first-order chi connectivity index (χ1) is 33.2. The van der Waals surface area contributed by atoms with E-state index in [0.717, 1.165) is 66.9 Å². The van der Waals surface area contributed by atoms with Crippen molar-refractivity contribution in [3.05, 3.63) is 255 Å². The number of aromatic nitrogens is 1. The van der Waals surface area contributed by atoms with Crippen LogP contribution < -0.4 is 4.90 Å². The van der Waals surface area contributed by atoms with E-state index in [0.29, 0.717) is 0 Å². The third-order valence-corrected chi connectivity index (χ3v) is 13.4. The summed E-state index contributed by atoms with van der Waals surface area (Å²) in [7, 11) is 0. The summed E-state index contributed by atoms with van der Waals surface area (Å²) < 4.78 is 8.72. The molecule has 0 spiro atoms. The van der Waals surface area contributed by atoms with Crippen molar-refractivity contribution >= 4 is 71.6 Å². The van der Waals surface area contributed by atoms with Crippen molar-refractivity contribution in [2.45, 2.75) is 0 Å². The van der Waals surface area contributed by atoms with Crippen LogP contribution in [0, 0.1) is 0 Å². The summed E-state index contributed by atoms with van der Waals surface area (Å²) in [5.41, 5.74) is 17.9. The van der Waals surface area contributed by atoms with E-state index in [1.165, 1.54) is 54.8 Å². The largest absolute Gasteiger partial charge is 0.456 e. The van der Waals surface area contributed by atoms with E-state index in [-0.39, 0.29) is 0 Å². The highest BCUT2D eigenvalue weighted by molar-refractivity contribution is 6.13. The lowest BCUT2D eigenvalue weighted by atomic mass is 9.97. The molecule has 0 aliphatic rings. The van der Waals surface area contributed by atoms with Gasteiger partial charge in [0.05, 0.1) is 16.7 Å². The Hall–Kier alpha value is -8.92. The fraction of sp³-hybridized carbons (Fsp3) is 0. The maximum atomic E-state index is 6.34. The molecule has 3 heteroatoms. The van der Waals surface area contributed by atoms with Gasteiger partial charge in [0.15, 0.2) is 0 Å². The Morgan fingerprint density at radius 1 is 0.313 bits per heavy atom. The van der Waals surface area contributed by atoms with Crippen molar-refractivity contribution in [1.82, 2.24) is 4.57 Å². The van der Waals surface area contributed by atoms with Crippen molar-refractivity contribution < 1.29 is 4.42 Å². The monoisotopic (exact) mass is 854 g/mol. The van der Waals surface area contributed by atoms with Gasteiger partial charge >= 0.3 is 0 Å².